The van der Waals surface area contributed by atoms with E-state index in [1.165, 1.54) is 7.05 Å². The molecule has 1 amide bonds. The SMILES string of the molecule is CNS(=O)(=O)Cc1ccccc1CNC(=O)CCn1ccc2ccccc21. The number of benzene rings is 2. The van der Waals surface area contributed by atoms with Gasteiger partial charge in [-0.1, -0.05) is 42.5 Å². The highest BCUT2D eigenvalue weighted by atomic mass is 32.2. The van der Waals surface area contributed by atoms with Crippen molar-refractivity contribution in [3.05, 3.63) is 71.9 Å². The van der Waals surface area contributed by atoms with Gasteiger partial charge in [0.15, 0.2) is 0 Å². The second-order valence-electron chi connectivity index (χ2n) is 6.33. The van der Waals surface area contributed by atoms with Crippen LogP contribution in [0.15, 0.2) is 60.8 Å². The summed E-state index contributed by atoms with van der Waals surface area (Å²) >= 11 is 0. The molecular weight excluding hydrogens is 362 g/mol. The van der Waals surface area contributed by atoms with Gasteiger partial charge >= 0.3 is 0 Å². The average molecular weight is 385 g/mol. The van der Waals surface area contributed by atoms with Crippen molar-refractivity contribution in [2.24, 2.45) is 0 Å². The lowest BCUT2D eigenvalue weighted by molar-refractivity contribution is -0.121. The quantitative estimate of drug-likeness (QED) is 0.625. The summed E-state index contributed by atoms with van der Waals surface area (Å²) in [7, 11) is -1.97. The van der Waals surface area contributed by atoms with Gasteiger partial charge in [0.25, 0.3) is 0 Å². The van der Waals surface area contributed by atoms with Gasteiger partial charge in [0, 0.05) is 31.2 Å². The van der Waals surface area contributed by atoms with Gasteiger partial charge in [0.2, 0.25) is 15.9 Å². The number of nitrogens with zero attached hydrogens (tertiary/aromatic N) is 1. The van der Waals surface area contributed by atoms with Crippen molar-refractivity contribution >= 4 is 26.8 Å². The standard InChI is InChI=1S/C20H23N3O3S/c1-21-27(25,26)15-18-8-3-2-7-17(18)14-22-20(24)11-13-23-12-10-16-6-4-5-9-19(16)23/h2-10,12,21H,11,13-15H2,1H3,(H,22,24). The Morgan fingerprint density at radius 3 is 2.48 bits per heavy atom. The van der Waals surface area contributed by atoms with E-state index < -0.39 is 10.0 Å². The van der Waals surface area contributed by atoms with Crippen LogP contribution in [0, 0.1) is 0 Å². The zero-order valence-corrected chi connectivity index (χ0v) is 16.0. The Morgan fingerprint density at radius 2 is 1.70 bits per heavy atom. The van der Waals surface area contributed by atoms with Gasteiger partial charge in [-0.05, 0) is 35.7 Å². The maximum absolute atomic E-state index is 12.2. The van der Waals surface area contributed by atoms with Crippen molar-refractivity contribution in [1.82, 2.24) is 14.6 Å². The van der Waals surface area contributed by atoms with Gasteiger partial charge in [-0.25, -0.2) is 13.1 Å². The number of hydrogen-bond acceptors (Lipinski definition) is 3. The van der Waals surface area contributed by atoms with Crippen LogP contribution in [0.5, 0.6) is 0 Å². The maximum Gasteiger partial charge on any atom is 0.222 e. The number of amides is 1. The van der Waals surface area contributed by atoms with Crippen molar-refractivity contribution in [1.29, 1.82) is 0 Å². The number of hydrogen-bond donors (Lipinski definition) is 2. The van der Waals surface area contributed by atoms with E-state index in [-0.39, 0.29) is 11.7 Å². The molecule has 0 aliphatic heterocycles. The number of carbonyl (C=O) groups is 1. The summed E-state index contributed by atoms with van der Waals surface area (Å²) in [5, 5.41) is 4.04. The number of aromatic nitrogens is 1. The molecule has 0 atom stereocenters. The highest BCUT2D eigenvalue weighted by Crippen LogP contribution is 2.15. The molecule has 7 heteroatoms. The molecule has 0 saturated heterocycles. The Kier molecular flexibility index (Phi) is 5.93. The van der Waals surface area contributed by atoms with Gasteiger partial charge in [-0.2, -0.15) is 0 Å². The van der Waals surface area contributed by atoms with Crippen molar-refractivity contribution in [2.75, 3.05) is 7.05 Å². The molecule has 2 N–H and O–H groups in total. The van der Waals surface area contributed by atoms with Crippen LogP contribution < -0.4 is 10.0 Å². The van der Waals surface area contributed by atoms with Crippen molar-refractivity contribution in [3.63, 3.8) is 0 Å². The van der Waals surface area contributed by atoms with E-state index in [1.54, 1.807) is 12.1 Å². The highest BCUT2D eigenvalue weighted by Gasteiger charge is 2.12. The van der Waals surface area contributed by atoms with Crippen LogP contribution in [-0.2, 0) is 33.7 Å². The largest absolute Gasteiger partial charge is 0.352 e. The first-order valence-corrected chi connectivity index (χ1v) is 10.4. The molecule has 0 bridgehead atoms. The third-order valence-electron chi connectivity index (χ3n) is 4.51. The fourth-order valence-corrected chi connectivity index (χ4v) is 3.82. The monoisotopic (exact) mass is 385 g/mol. The van der Waals surface area contributed by atoms with Crippen molar-refractivity contribution in [3.8, 4) is 0 Å². The van der Waals surface area contributed by atoms with Gasteiger partial charge in [0.1, 0.15) is 0 Å². The molecule has 142 valence electrons. The fourth-order valence-electron chi connectivity index (χ4n) is 2.99. The molecule has 0 spiro atoms. The van der Waals surface area contributed by atoms with Gasteiger partial charge in [0.05, 0.1) is 5.75 Å². The molecule has 3 aromatic rings. The van der Waals surface area contributed by atoms with Gasteiger partial charge < -0.3 is 9.88 Å². The number of rotatable bonds is 8. The summed E-state index contributed by atoms with van der Waals surface area (Å²) in [6.45, 7) is 0.899. The van der Waals surface area contributed by atoms with Crippen LogP contribution in [0.3, 0.4) is 0 Å². The summed E-state index contributed by atoms with van der Waals surface area (Å²) in [5.41, 5.74) is 2.59. The van der Waals surface area contributed by atoms with Gasteiger partial charge in [-0.3, -0.25) is 4.79 Å². The van der Waals surface area contributed by atoms with Crippen molar-refractivity contribution in [2.45, 2.75) is 25.3 Å². The Hall–Kier alpha value is -2.64. The third kappa shape index (κ3) is 4.96. The minimum Gasteiger partial charge on any atom is -0.352 e. The molecule has 0 aliphatic carbocycles. The van der Waals surface area contributed by atoms with E-state index in [1.807, 2.05) is 48.7 Å². The van der Waals surface area contributed by atoms with E-state index in [9.17, 15) is 13.2 Å². The Balaban J connectivity index is 1.58. The van der Waals surface area contributed by atoms with Crippen molar-refractivity contribution < 1.29 is 13.2 Å². The van der Waals surface area contributed by atoms with Crippen LogP contribution >= 0.6 is 0 Å². The first kappa shape index (κ1) is 19.1. The van der Waals surface area contributed by atoms with Crippen LogP contribution in [0.4, 0.5) is 0 Å². The topological polar surface area (TPSA) is 80.2 Å². The number of nitrogens with one attached hydrogen (secondary N) is 2. The van der Waals surface area contributed by atoms with Crippen LogP contribution in [-0.4, -0.2) is 25.9 Å². The Morgan fingerprint density at radius 1 is 1.00 bits per heavy atom. The zero-order valence-electron chi connectivity index (χ0n) is 15.2. The lowest BCUT2D eigenvalue weighted by Gasteiger charge is -2.11. The summed E-state index contributed by atoms with van der Waals surface area (Å²) < 4.78 is 28.0. The van der Waals surface area contributed by atoms with Gasteiger partial charge in [-0.15, -0.1) is 0 Å². The summed E-state index contributed by atoms with van der Waals surface area (Å²) in [5.74, 6) is -0.177. The normalized spacial score (nSPS) is 11.6. The summed E-state index contributed by atoms with van der Waals surface area (Å²) in [6.07, 6.45) is 2.34. The first-order chi connectivity index (χ1) is 13.0. The van der Waals surface area contributed by atoms with E-state index >= 15 is 0 Å². The molecule has 2 aromatic carbocycles. The maximum atomic E-state index is 12.2. The summed E-state index contributed by atoms with van der Waals surface area (Å²) in [6, 6.07) is 17.3. The number of aryl methyl sites for hydroxylation is 1. The number of sulfonamides is 1. The number of carbonyl (C=O) groups excluding carboxylic acids is 1. The predicted molar refractivity (Wildman–Crippen MR) is 107 cm³/mol. The predicted octanol–water partition coefficient (Wildman–Crippen LogP) is 2.40. The Bertz CT molecular complexity index is 1040. The van der Waals surface area contributed by atoms with E-state index in [2.05, 4.69) is 14.6 Å². The minimum atomic E-state index is -3.36. The molecule has 0 aliphatic rings. The molecular formula is C20H23N3O3S. The molecule has 1 aromatic heterocycles. The molecule has 6 nitrogen and oxygen atoms in total. The van der Waals surface area contributed by atoms with Crippen LogP contribution in [0.2, 0.25) is 0 Å². The number of fused-ring (bicyclic) bond motifs is 1. The zero-order chi connectivity index (χ0) is 19.3. The molecule has 0 saturated carbocycles. The fraction of sp³-hybridized carbons (Fsp3) is 0.250. The first-order valence-electron chi connectivity index (χ1n) is 8.77. The van der Waals surface area contributed by atoms with E-state index in [4.69, 9.17) is 0 Å². The second-order valence-corrected chi connectivity index (χ2v) is 8.25. The molecule has 0 radical (unpaired) electrons. The molecule has 27 heavy (non-hydrogen) atoms. The van der Waals surface area contributed by atoms with E-state index in [0.29, 0.717) is 25.1 Å². The highest BCUT2D eigenvalue weighted by molar-refractivity contribution is 7.88. The molecule has 0 fully saturated rings. The van der Waals surface area contributed by atoms with E-state index in [0.717, 1.165) is 16.5 Å². The van der Waals surface area contributed by atoms with Crippen LogP contribution in [0.25, 0.3) is 10.9 Å². The molecule has 0 unspecified atom stereocenters. The average Bonchev–Trinajstić information content (AvgIpc) is 3.08. The lowest BCUT2D eigenvalue weighted by Crippen LogP contribution is -2.25. The summed E-state index contributed by atoms with van der Waals surface area (Å²) in [4.78, 5) is 12.2. The molecule has 1 heterocycles. The Labute approximate surface area is 159 Å². The van der Waals surface area contributed by atoms with Crippen LogP contribution in [0.1, 0.15) is 17.5 Å². The lowest BCUT2D eigenvalue weighted by atomic mass is 10.1. The third-order valence-corrected chi connectivity index (χ3v) is 5.82. The minimum absolute atomic E-state index is 0.0703. The smallest absolute Gasteiger partial charge is 0.222 e. The second kappa shape index (κ2) is 8.37. The number of para-hydroxylation sites is 1. The molecule has 3 rings (SSSR count).